The van der Waals surface area contributed by atoms with Gasteiger partial charge < -0.3 is 5.32 Å². The summed E-state index contributed by atoms with van der Waals surface area (Å²) >= 11 is 0. The number of aromatic nitrogens is 6. The molecular formula is C24H21N9O2. The monoisotopic (exact) mass is 467 g/mol. The molecule has 11 nitrogen and oxygen atoms in total. The van der Waals surface area contributed by atoms with E-state index in [0.717, 1.165) is 11.3 Å². The predicted molar refractivity (Wildman–Crippen MR) is 127 cm³/mol. The van der Waals surface area contributed by atoms with Gasteiger partial charge in [0.2, 0.25) is 0 Å². The average molecular weight is 467 g/mol. The third kappa shape index (κ3) is 4.55. The Kier molecular flexibility index (Phi) is 5.87. The van der Waals surface area contributed by atoms with Gasteiger partial charge in [-0.3, -0.25) is 14.6 Å². The van der Waals surface area contributed by atoms with Gasteiger partial charge in [-0.2, -0.15) is 5.10 Å². The van der Waals surface area contributed by atoms with Crippen molar-refractivity contribution in [2.24, 2.45) is 0 Å². The molecule has 5 rings (SSSR count). The number of hydrogen-bond acceptors (Lipinski definition) is 6. The van der Waals surface area contributed by atoms with Crippen molar-refractivity contribution in [3.05, 3.63) is 96.7 Å². The van der Waals surface area contributed by atoms with Crippen LogP contribution in [-0.4, -0.2) is 41.3 Å². The Morgan fingerprint density at radius 2 is 1.66 bits per heavy atom. The molecule has 0 radical (unpaired) electrons. The van der Waals surface area contributed by atoms with E-state index < -0.39 is 18.0 Å². The van der Waals surface area contributed by atoms with Crippen molar-refractivity contribution < 1.29 is 9.59 Å². The normalized spacial score (nSPS) is 11.7. The van der Waals surface area contributed by atoms with E-state index in [9.17, 15) is 9.59 Å². The number of carbonyl (C=O) groups is 2. The molecule has 1 unspecified atom stereocenters. The molecule has 0 aliphatic carbocycles. The van der Waals surface area contributed by atoms with Crippen molar-refractivity contribution in [2.45, 2.75) is 13.0 Å². The maximum Gasteiger partial charge on any atom is 0.334 e. The Labute approximate surface area is 199 Å². The van der Waals surface area contributed by atoms with Crippen LogP contribution in [-0.2, 0) is 0 Å². The molecule has 11 heteroatoms. The lowest BCUT2D eigenvalue weighted by molar-refractivity contribution is 0.0936. The SMILES string of the molecule is CC(NC(=O)NNC(=O)c1cn(-c2ccccc2)nc1-c1ccccc1)c1nnc2ncccn12. The van der Waals surface area contributed by atoms with Crippen LogP contribution in [0.2, 0.25) is 0 Å². The summed E-state index contributed by atoms with van der Waals surface area (Å²) in [7, 11) is 0. The van der Waals surface area contributed by atoms with Gasteiger partial charge in [0.25, 0.3) is 11.7 Å². The highest BCUT2D eigenvalue weighted by Gasteiger charge is 2.20. The summed E-state index contributed by atoms with van der Waals surface area (Å²) in [5, 5.41) is 15.4. The lowest BCUT2D eigenvalue weighted by Gasteiger charge is -2.13. The van der Waals surface area contributed by atoms with Gasteiger partial charge in [0, 0.05) is 24.2 Å². The molecule has 0 saturated carbocycles. The van der Waals surface area contributed by atoms with E-state index in [4.69, 9.17) is 0 Å². The molecule has 3 N–H and O–H groups in total. The highest BCUT2D eigenvalue weighted by atomic mass is 16.2. The Morgan fingerprint density at radius 1 is 0.914 bits per heavy atom. The summed E-state index contributed by atoms with van der Waals surface area (Å²) in [6.45, 7) is 1.75. The maximum atomic E-state index is 13.0. The first-order valence-corrected chi connectivity index (χ1v) is 10.8. The second kappa shape index (κ2) is 9.43. The van der Waals surface area contributed by atoms with E-state index in [0.29, 0.717) is 22.9 Å². The Balaban J connectivity index is 1.31. The van der Waals surface area contributed by atoms with E-state index in [1.807, 2.05) is 60.7 Å². The first-order valence-electron chi connectivity index (χ1n) is 10.8. The Bertz CT molecular complexity index is 1480. The quantitative estimate of drug-likeness (QED) is 0.341. The summed E-state index contributed by atoms with van der Waals surface area (Å²) < 4.78 is 3.30. The Morgan fingerprint density at radius 3 is 2.43 bits per heavy atom. The van der Waals surface area contributed by atoms with Gasteiger partial charge in [0.1, 0.15) is 5.69 Å². The molecule has 35 heavy (non-hydrogen) atoms. The minimum atomic E-state index is -0.608. The van der Waals surface area contributed by atoms with E-state index in [1.165, 1.54) is 0 Å². The third-order valence-corrected chi connectivity index (χ3v) is 5.27. The van der Waals surface area contributed by atoms with Crippen LogP contribution >= 0.6 is 0 Å². The second-order valence-electron chi connectivity index (χ2n) is 7.66. The van der Waals surface area contributed by atoms with Crippen LogP contribution in [0.4, 0.5) is 4.79 Å². The van der Waals surface area contributed by atoms with Gasteiger partial charge in [-0.15, -0.1) is 10.2 Å². The van der Waals surface area contributed by atoms with Crippen molar-refractivity contribution in [1.29, 1.82) is 0 Å². The summed E-state index contributed by atoms with van der Waals surface area (Å²) in [6.07, 6.45) is 4.99. The van der Waals surface area contributed by atoms with E-state index >= 15 is 0 Å². The molecule has 1 atom stereocenters. The number of rotatable bonds is 5. The molecule has 0 saturated heterocycles. The van der Waals surface area contributed by atoms with E-state index in [2.05, 4.69) is 36.4 Å². The smallest absolute Gasteiger partial charge is 0.327 e. The average Bonchev–Trinajstić information content (AvgIpc) is 3.54. The summed E-state index contributed by atoms with van der Waals surface area (Å²) in [6, 6.07) is 19.5. The van der Waals surface area contributed by atoms with Crippen LogP contribution in [0, 0.1) is 0 Å². The maximum absolute atomic E-state index is 13.0. The molecule has 5 aromatic rings. The van der Waals surface area contributed by atoms with Gasteiger partial charge >= 0.3 is 6.03 Å². The minimum absolute atomic E-state index is 0.308. The van der Waals surface area contributed by atoms with Crippen molar-refractivity contribution in [1.82, 2.24) is 45.5 Å². The van der Waals surface area contributed by atoms with Gasteiger partial charge in [-0.25, -0.2) is 19.9 Å². The van der Waals surface area contributed by atoms with Gasteiger partial charge in [-0.1, -0.05) is 48.5 Å². The molecule has 0 spiro atoms. The highest BCUT2D eigenvalue weighted by molar-refractivity contribution is 6.00. The lowest BCUT2D eigenvalue weighted by atomic mass is 10.1. The first kappa shape index (κ1) is 21.8. The zero-order chi connectivity index (χ0) is 24.2. The van der Waals surface area contributed by atoms with Crippen molar-refractivity contribution >= 4 is 17.7 Å². The van der Waals surface area contributed by atoms with Crippen LogP contribution in [0.25, 0.3) is 22.7 Å². The molecule has 3 heterocycles. The number of amides is 3. The fourth-order valence-corrected chi connectivity index (χ4v) is 3.60. The van der Waals surface area contributed by atoms with Gasteiger partial charge in [0.05, 0.1) is 17.3 Å². The third-order valence-electron chi connectivity index (χ3n) is 5.27. The fourth-order valence-electron chi connectivity index (χ4n) is 3.60. The minimum Gasteiger partial charge on any atom is -0.327 e. The number of fused-ring (bicyclic) bond motifs is 1. The van der Waals surface area contributed by atoms with E-state index in [1.54, 1.807) is 40.7 Å². The number of urea groups is 1. The number of benzene rings is 2. The summed E-state index contributed by atoms with van der Waals surface area (Å²) in [5.41, 5.74) is 7.22. The summed E-state index contributed by atoms with van der Waals surface area (Å²) in [5.74, 6) is 0.421. The van der Waals surface area contributed by atoms with Crippen molar-refractivity contribution in [3.8, 4) is 16.9 Å². The van der Waals surface area contributed by atoms with Crippen LogP contribution in [0.3, 0.4) is 0 Å². The molecular weight excluding hydrogens is 446 g/mol. The number of hydrogen-bond donors (Lipinski definition) is 3. The lowest BCUT2D eigenvalue weighted by Crippen LogP contribution is -2.47. The number of hydrazine groups is 1. The molecule has 0 aliphatic rings. The molecule has 2 aromatic carbocycles. The highest BCUT2D eigenvalue weighted by Crippen LogP contribution is 2.23. The largest absolute Gasteiger partial charge is 0.334 e. The van der Waals surface area contributed by atoms with Gasteiger partial charge in [0.15, 0.2) is 5.82 Å². The van der Waals surface area contributed by atoms with Crippen molar-refractivity contribution in [2.75, 3.05) is 0 Å². The van der Waals surface area contributed by atoms with Gasteiger partial charge in [-0.05, 0) is 25.1 Å². The molecule has 3 amide bonds. The first-order chi connectivity index (χ1) is 17.1. The predicted octanol–water partition coefficient (Wildman–Crippen LogP) is 2.68. The number of nitrogens with zero attached hydrogens (tertiary/aromatic N) is 6. The van der Waals surface area contributed by atoms with Crippen LogP contribution in [0.5, 0.6) is 0 Å². The molecule has 0 bridgehead atoms. The standard InChI is InChI=1S/C24H21N9O2/c1-16(21-27-29-23-25-13-8-14-32(21)23)26-24(35)30-28-22(34)19-15-33(18-11-6-3-7-12-18)31-20(19)17-9-4-2-5-10-17/h2-16H,1H3,(H,28,34)(H2,26,30,35). The zero-order valence-electron chi connectivity index (χ0n) is 18.7. The molecule has 3 aromatic heterocycles. The topological polar surface area (TPSA) is 131 Å². The molecule has 0 fully saturated rings. The van der Waals surface area contributed by atoms with Crippen LogP contribution in [0.15, 0.2) is 85.3 Å². The van der Waals surface area contributed by atoms with Crippen LogP contribution in [0.1, 0.15) is 29.1 Å². The van der Waals surface area contributed by atoms with Crippen molar-refractivity contribution in [3.63, 3.8) is 0 Å². The van der Waals surface area contributed by atoms with E-state index in [-0.39, 0.29) is 0 Å². The summed E-state index contributed by atoms with van der Waals surface area (Å²) in [4.78, 5) is 29.6. The fraction of sp³-hybridized carbons (Fsp3) is 0.0833. The number of carbonyl (C=O) groups excluding carboxylic acids is 2. The molecule has 174 valence electrons. The molecule has 0 aliphatic heterocycles. The Hall–Kier alpha value is -5.06. The number of nitrogens with one attached hydrogen (secondary N) is 3. The number of para-hydroxylation sites is 1. The van der Waals surface area contributed by atoms with Crippen LogP contribution < -0.4 is 16.2 Å². The second-order valence-corrected chi connectivity index (χ2v) is 7.66. The zero-order valence-corrected chi connectivity index (χ0v) is 18.7.